The number of pyridine rings is 1. The third-order valence-electron chi connectivity index (χ3n) is 3.63. The Balaban J connectivity index is 1.79. The van der Waals surface area contributed by atoms with Gasteiger partial charge in [0.1, 0.15) is 5.82 Å². The van der Waals surface area contributed by atoms with Gasteiger partial charge < -0.3 is 10.2 Å². The number of anilines is 1. The van der Waals surface area contributed by atoms with Gasteiger partial charge in [-0.1, -0.05) is 6.07 Å². The highest BCUT2D eigenvalue weighted by Gasteiger charge is 2.18. The first kappa shape index (κ1) is 13.3. The average Bonchev–Trinajstić information content (AvgIpc) is 2.37. The molecule has 1 aliphatic rings. The highest BCUT2D eigenvalue weighted by atomic mass is 15.3. The first-order valence-corrected chi connectivity index (χ1v) is 6.75. The van der Waals surface area contributed by atoms with Crippen molar-refractivity contribution in [3.05, 3.63) is 23.9 Å². The molecule has 0 aliphatic carbocycles. The molecule has 0 radical (unpaired) electrons. The largest absolute Gasteiger partial charge is 0.369 e. The summed E-state index contributed by atoms with van der Waals surface area (Å²) in [4.78, 5) is 9.40. The van der Waals surface area contributed by atoms with Gasteiger partial charge in [0.25, 0.3) is 0 Å². The van der Waals surface area contributed by atoms with Crippen LogP contribution in [-0.2, 0) is 0 Å². The summed E-state index contributed by atoms with van der Waals surface area (Å²) in [5, 5.41) is 3.43. The highest BCUT2D eigenvalue weighted by Crippen LogP contribution is 2.08. The van der Waals surface area contributed by atoms with Crippen LogP contribution in [0.2, 0.25) is 0 Å². The van der Waals surface area contributed by atoms with Crippen molar-refractivity contribution in [3.8, 4) is 0 Å². The van der Waals surface area contributed by atoms with E-state index in [1.807, 2.05) is 25.1 Å². The third-order valence-corrected chi connectivity index (χ3v) is 3.63. The average molecular weight is 248 g/mol. The standard InChI is InChI=1S/C14H24N4/c1-12-5-4-6-14(16-12)15-11-13(2)18-9-7-17(3)8-10-18/h4-6,13H,7-11H2,1-3H3,(H,15,16). The van der Waals surface area contributed by atoms with Crippen molar-refractivity contribution in [2.24, 2.45) is 0 Å². The summed E-state index contributed by atoms with van der Waals surface area (Å²) >= 11 is 0. The van der Waals surface area contributed by atoms with E-state index in [4.69, 9.17) is 0 Å². The number of likely N-dealkylation sites (N-methyl/N-ethyl adjacent to an activating group) is 1. The smallest absolute Gasteiger partial charge is 0.126 e. The Kier molecular flexibility index (Phi) is 4.55. The monoisotopic (exact) mass is 248 g/mol. The van der Waals surface area contributed by atoms with Gasteiger partial charge in [-0.25, -0.2) is 4.98 Å². The highest BCUT2D eigenvalue weighted by molar-refractivity contribution is 5.35. The van der Waals surface area contributed by atoms with E-state index in [2.05, 4.69) is 34.1 Å². The Morgan fingerprint density at radius 3 is 2.67 bits per heavy atom. The molecule has 0 bridgehead atoms. The Bertz CT molecular complexity index is 372. The summed E-state index contributed by atoms with van der Waals surface area (Å²) in [6.45, 7) is 9.95. The third kappa shape index (κ3) is 3.68. The van der Waals surface area contributed by atoms with Crippen molar-refractivity contribution in [1.29, 1.82) is 0 Å². The fourth-order valence-electron chi connectivity index (χ4n) is 2.29. The van der Waals surface area contributed by atoms with Crippen molar-refractivity contribution in [2.75, 3.05) is 45.1 Å². The molecule has 4 nitrogen and oxygen atoms in total. The Morgan fingerprint density at radius 1 is 1.28 bits per heavy atom. The molecule has 1 aromatic rings. The van der Waals surface area contributed by atoms with E-state index >= 15 is 0 Å². The topological polar surface area (TPSA) is 31.4 Å². The lowest BCUT2D eigenvalue weighted by atomic mass is 10.2. The van der Waals surface area contributed by atoms with E-state index in [1.165, 1.54) is 26.2 Å². The van der Waals surface area contributed by atoms with Crippen LogP contribution in [0.5, 0.6) is 0 Å². The fourth-order valence-corrected chi connectivity index (χ4v) is 2.29. The second-order valence-electron chi connectivity index (χ2n) is 5.23. The van der Waals surface area contributed by atoms with Gasteiger partial charge in [0.15, 0.2) is 0 Å². The SMILES string of the molecule is Cc1cccc(NCC(C)N2CCN(C)CC2)n1. The molecule has 1 atom stereocenters. The number of nitrogens with zero attached hydrogens (tertiary/aromatic N) is 3. The van der Waals surface area contributed by atoms with E-state index in [1.54, 1.807) is 0 Å². The van der Waals surface area contributed by atoms with Crippen LogP contribution in [0.4, 0.5) is 5.82 Å². The van der Waals surface area contributed by atoms with E-state index in [-0.39, 0.29) is 0 Å². The van der Waals surface area contributed by atoms with Crippen molar-refractivity contribution >= 4 is 5.82 Å². The molecule has 0 aromatic carbocycles. The second kappa shape index (κ2) is 6.16. The number of nitrogens with one attached hydrogen (secondary N) is 1. The molecule has 0 spiro atoms. The van der Waals surface area contributed by atoms with Crippen LogP contribution in [0.25, 0.3) is 0 Å². The van der Waals surface area contributed by atoms with Crippen molar-refractivity contribution in [1.82, 2.24) is 14.8 Å². The molecule has 2 rings (SSSR count). The zero-order valence-corrected chi connectivity index (χ0v) is 11.7. The van der Waals surface area contributed by atoms with Crippen molar-refractivity contribution < 1.29 is 0 Å². The van der Waals surface area contributed by atoms with Gasteiger partial charge in [0.05, 0.1) is 0 Å². The Hall–Kier alpha value is -1.13. The number of aromatic nitrogens is 1. The van der Waals surface area contributed by atoms with Gasteiger partial charge >= 0.3 is 0 Å². The summed E-state index contributed by atoms with van der Waals surface area (Å²) in [7, 11) is 2.19. The van der Waals surface area contributed by atoms with Gasteiger partial charge in [0, 0.05) is 44.5 Å². The van der Waals surface area contributed by atoms with E-state index in [0.29, 0.717) is 6.04 Å². The van der Waals surface area contributed by atoms with E-state index < -0.39 is 0 Å². The molecule has 1 saturated heterocycles. The summed E-state index contributed by atoms with van der Waals surface area (Å²) in [6, 6.07) is 6.66. The van der Waals surface area contributed by atoms with Crippen LogP contribution in [-0.4, -0.2) is 60.6 Å². The second-order valence-corrected chi connectivity index (χ2v) is 5.23. The molecular weight excluding hydrogens is 224 g/mol. The van der Waals surface area contributed by atoms with Crippen LogP contribution < -0.4 is 5.32 Å². The minimum Gasteiger partial charge on any atom is -0.369 e. The first-order valence-electron chi connectivity index (χ1n) is 6.75. The zero-order chi connectivity index (χ0) is 13.0. The minimum absolute atomic E-state index is 0.556. The molecule has 1 unspecified atom stereocenters. The number of hydrogen-bond acceptors (Lipinski definition) is 4. The number of rotatable bonds is 4. The van der Waals surface area contributed by atoms with Crippen LogP contribution in [0.3, 0.4) is 0 Å². The predicted molar refractivity (Wildman–Crippen MR) is 76.0 cm³/mol. The van der Waals surface area contributed by atoms with Gasteiger partial charge in [-0.3, -0.25) is 4.90 Å². The van der Waals surface area contributed by atoms with Crippen molar-refractivity contribution in [2.45, 2.75) is 19.9 Å². The molecule has 18 heavy (non-hydrogen) atoms. The number of piperazine rings is 1. The number of aryl methyl sites for hydroxylation is 1. The normalized spacial score (nSPS) is 19.7. The van der Waals surface area contributed by atoms with Gasteiger partial charge in [0.2, 0.25) is 0 Å². The zero-order valence-electron chi connectivity index (χ0n) is 11.7. The predicted octanol–water partition coefficient (Wildman–Crippen LogP) is 1.44. The maximum Gasteiger partial charge on any atom is 0.126 e. The fraction of sp³-hybridized carbons (Fsp3) is 0.643. The molecule has 100 valence electrons. The summed E-state index contributed by atoms with van der Waals surface area (Å²) in [5.74, 6) is 0.982. The lowest BCUT2D eigenvalue weighted by Crippen LogP contribution is -2.49. The summed E-state index contributed by atoms with van der Waals surface area (Å²) in [6.07, 6.45) is 0. The molecule has 1 aliphatic heterocycles. The molecule has 1 N–H and O–H groups in total. The van der Waals surface area contributed by atoms with Crippen molar-refractivity contribution in [3.63, 3.8) is 0 Å². The maximum absolute atomic E-state index is 4.46. The lowest BCUT2D eigenvalue weighted by molar-refractivity contribution is 0.123. The molecule has 1 aromatic heterocycles. The van der Waals surface area contributed by atoms with Gasteiger partial charge in [-0.05, 0) is 33.0 Å². The van der Waals surface area contributed by atoms with Crippen LogP contribution >= 0.6 is 0 Å². The van der Waals surface area contributed by atoms with Gasteiger partial charge in [-0.2, -0.15) is 0 Å². The molecule has 1 fully saturated rings. The molecule has 0 saturated carbocycles. The van der Waals surface area contributed by atoms with Crippen LogP contribution in [0.15, 0.2) is 18.2 Å². The summed E-state index contributed by atoms with van der Waals surface area (Å²) < 4.78 is 0. The molecule has 0 amide bonds. The summed E-state index contributed by atoms with van der Waals surface area (Å²) in [5.41, 5.74) is 1.06. The quantitative estimate of drug-likeness (QED) is 0.873. The maximum atomic E-state index is 4.46. The number of hydrogen-bond donors (Lipinski definition) is 1. The minimum atomic E-state index is 0.556. The Labute approximate surface area is 110 Å². The molecule has 2 heterocycles. The Morgan fingerprint density at radius 2 is 2.00 bits per heavy atom. The molecule has 4 heteroatoms. The van der Waals surface area contributed by atoms with E-state index in [9.17, 15) is 0 Å². The van der Waals surface area contributed by atoms with Crippen LogP contribution in [0, 0.1) is 6.92 Å². The lowest BCUT2D eigenvalue weighted by Gasteiger charge is -2.36. The van der Waals surface area contributed by atoms with Gasteiger partial charge in [-0.15, -0.1) is 0 Å². The van der Waals surface area contributed by atoms with E-state index in [0.717, 1.165) is 18.1 Å². The first-order chi connectivity index (χ1) is 8.65. The molecular formula is C14H24N4. The van der Waals surface area contributed by atoms with Crippen LogP contribution in [0.1, 0.15) is 12.6 Å².